The standard InChI is InChI=1S/C8H15NO2.ClH/c1-5(6-3-2-4-6)7(9)8(10)11;/h5-7H,2-4,9H2,1H3,(H,10,11);1H. The normalized spacial score (nSPS) is 21.8. The lowest BCUT2D eigenvalue weighted by Gasteiger charge is -2.33. The Morgan fingerprint density at radius 3 is 2.33 bits per heavy atom. The van der Waals surface area contributed by atoms with Gasteiger partial charge in [-0.25, -0.2) is 0 Å². The fraction of sp³-hybridized carbons (Fsp3) is 0.875. The van der Waals surface area contributed by atoms with Crippen LogP contribution in [0, 0.1) is 11.8 Å². The maximum atomic E-state index is 10.5. The molecule has 1 aliphatic rings. The second-order valence-corrected chi connectivity index (χ2v) is 3.41. The highest BCUT2D eigenvalue weighted by Crippen LogP contribution is 2.34. The van der Waals surface area contributed by atoms with Crippen molar-refractivity contribution >= 4 is 18.4 Å². The van der Waals surface area contributed by atoms with Crippen LogP contribution in [0.5, 0.6) is 0 Å². The molecular formula is C8H16ClNO2. The molecule has 0 aromatic rings. The van der Waals surface area contributed by atoms with E-state index >= 15 is 0 Å². The minimum atomic E-state index is -0.871. The maximum absolute atomic E-state index is 10.5. The van der Waals surface area contributed by atoms with Gasteiger partial charge in [-0.15, -0.1) is 12.4 Å². The molecule has 1 saturated carbocycles. The molecule has 1 rings (SSSR count). The van der Waals surface area contributed by atoms with E-state index in [0.29, 0.717) is 5.92 Å². The summed E-state index contributed by atoms with van der Waals surface area (Å²) in [5.74, 6) is -0.174. The number of halogens is 1. The SMILES string of the molecule is CC(C1CCC1)C(N)C(=O)O.Cl. The molecule has 0 aliphatic heterocycles. The molecule has 2 atom stereocenters. The van der Waals surface area contributed by atoms with Crippen molar-refractivity contribution in [3.63, 3.8) is 0 Å². The number of carbonyl (C=O) groups is 1. The maximum Gasteiger partial charge on any atom is 0.320 e. The molecule has 0 spiro atoms. The van der Waals surface area contributed by atoms with Gasteiger partial charge in [-0.3, -0.25) is 4.79 Å². The first-order chi connectivity index (χ1) is 5.13. The van der Waals surface area contributed by atoms with Gasteiger partial charge < -0.3 is 10.8 Å². The van der Waals surface area contributed by atoms with Crippen LogP contribution < -0.4 is 5.73 Å². The third kappa shape index (κ3) is 2.35. The Morgan fingerprint density at radius 1 is 1.58 bits per heavy atom. The zero-order valence-electron chi connectivity index (χ0n) is 7.19. The molecule has 4 heteroatoms. The quantitative estimate of drug-likeness (QED) is 0.710. The molecule has 3 N–H and O–H groups in total. The van der Waals surface area contributed by atoms with Gasteiger partial charge in [0.15, 0.2) is 0 Å². The van der Waals surface area contributed by atoms with Crippen molar-refractivity contribution in [3.05, 3.63) is 0 Å². The molecule has 0 aromatic carbocycles. The predicted molar refractivity (Wildman–Crippen MR) is 49.4 cm³/mol. The summed E-state index contributed by atoms with van der Waals surface area (Å²) >= 11 is 0. The van der Waals surface area contributed by atoms with Crippen molar-refractivity contribution in [2.24, 2.45) is 17.6 Å². The molecule has 0 saturated heterocycles. The summed E-state index contributed by atoms with van der Waals surface area (Å²) in [6.45, 7) is 1.93. The Hall–Kier alpha value is -0.280. The Kier molecular flexibility index (Phi) is 4.57. The third-order valence-electron chi connectivity index (χ3n) is 2.75. The van der Waals surface area contributed by atoms with Crippen molar-refractivity contribution < 1.29 is 9.90 Å². The highest BCUT2D eigenvalue weighted by molar-refractivity contribution is 5.85. The zero-order chi connectivity index (χ0) is 8.43. The van der Waals surface area contributed by atoms with Crippen LogP contribution in [0.3, 0.4) is 0 Å². The van der Waals surface area contributed by atoms with Crippen LogP contribution >= 0.6 is 12.4 Å². The molecule has 2 unspecified atom stereocenters. The van der Waals surface area contributed by atoms with Gasteiger partial charge >= 0.3 is 5.97 Å². The number of aliphatic carboxylic acids is 1. The first-order valence-electron chi connectivity index (χ1n) is 4.11. The van der Waals surface area contributed by atoms with E-state index in [4.69, 9.17) is 10.8 Å². The van der Waals surface area contributed by atoms with E-state index in [1.807, 2.05) is 6.92 Å². The molecule has 12 heavy (non-hydrogen) atoms. The van der Waals surface area contributed by atoms with Crippen LogP contribution in [0.25, 0.3) is 0 Å². The average molecular weight is 194 g/mol. The van der Waals surface area contributed by atoms with Crippen LogP contribution in [0.15, 0.2) is 0 Å². The summed E-state index contributed by atoms with van der Waals surface area (Å²) < 4.78 is 0. The van der Waals surface area contributed by atoms with Crippen LogP contribution in [0.2, 0.25) is 0 Å². The smallest absolute Gasteiger partial charge is 0.320 e. The third-order valence-corrected chi connectivity index (χ3v) is 2.75. The van der Waals surface area contributed by atoms with Crippen molar-refractivity contribution in [2.75, 3.05) is 0 Å². The van der Waals surface area contributed by atoms with E-state index in [2.05, 4.69) is 0 Å². The fourth-order valence-corrected chi connectivity index (χ4v) is 1.48. The van der Waals surface area contributed by atoms with Gasteiger partial charge in [0, 0.05) is 0 Å². The molecule has 3 nitrogen and oxygen atoms in total. The minimum absolute atomic E-state index is 0. The van der Waals surface area contributed by atoms with E-state index in [9.17, 15) is 4.79 Å². The molecule has 72 valence electrons. The van der Waals surface area contributed by atoms with E-state index in [1.54, 1.807) is 0 Å². The summed E-state index contributed by atoms with van der Waals surface area (Å²) in [6.07, 6.45) is 3.55. The molecule has 0 bridgehead atoms. The van der Waals surface area contributed by atoms with Gasteiger partial charge in [0.25, 0.3) is 0 Å². The summed E-state index contributed by atoms with van der Waals surface area (Å²) in [5, 5.41) is 8.60. The number of nitrogens with two attached hydrogens (primary N) is 1. The average Bonchev–Trinajstić information content (AvgIpc) is 1.82. The van der Waals surface area contributed by atoms with E-state index < -0.39 is 12.0 Å². The molecule has 0 aromatic heterocycles. The number of carboxylic acids is 1. The number of rotatable bonds is 3. The van der Waals surface area contributed by atoms with Crippen molar-refractivity contribution in [1.82, 2.24) is 0 Å². The summed E-state index contributed by atoms with van der Waals surface area (Å²) in [4.78, 5) is 10.5. The van der Waals surface area contributed by atoms with Gasteiger partial charge in [0.05, 0.1) is 0 Å². The van der Waals surface area contributed by atoms with Gasteiger partial charge in [-0.05, 0) is 11.8 Å². The highest BCUT2D eigenvalue weighted by Gasteiger charge is 2.31. The van der Waals surface area contributed by atoms with Crippen molar-refractivity contribution in [1.29, 1.82) is 0 Å². The summed E-state index contributed by atoms with van der Waals surface area (Å²) in [7, 11) is 0. The highest BCUT2D eigenvalue weighted by atomic mass is 35.5. The second-order valence-electron chi connectivity index (χ2n) is 3.41. The lowest BCUT2D eigenvalue weighted by molar-refractivity contribution is -0.140. The molecule has 0 amide bonds. The molecule has 1 aliphatic carbocycles. The number of hydrogen-bond donors (Lipinski definition) is 2. The van der Waals surface area contributed by atoms with Gasteiger partial charge in [0.2, 0.25) is 0 Å². The molecule has 1 fully saturated rings. The van der Waals surface area contributed by atoms with Crippen LogP contribution in [-0.2, 0) is 4.79 Å². The van der Waals surface area contributed by atoms with Crippen molar-refractivity contribution in [2.45, 2.75) is 32.2 Å². The Labute approximate surface area is 78.7 Å². The topological polar surface area (TPSA) is 63.3 Å². The first-order valence-corrected chi connectivity index (χ1v) is 4.11. The van der Waals surface area contributed by atoms with Crippen LogP contribution in [-0.4, -0.2) is 17.1 Å². The first kappa shape index (κ1) is 11.7. The molecule has 0 heterocycles. The zero-order valence-corrected chi connectivity index (χ0v) is 8.01. The Morgan fingerprint density at radius 2 is 2.08 bits per heavy atom. The van der Waals surface area contributed by atoms with Gasteiger partial charge in [0.1, 0.15) is 6.04 Å². The largest absolute Gasteiger partial charge is 0.480 e. The van der Waals surface area contributed by atoms with Crippen LogP contribution in [0.4, 0.5) is 0 Å². The predicted octanol–water partition coefficient (Wildman–Crippen LogP) is 1.26. The van der Waals surface area contributed by atoms with Gasteiger partial charge in [-0.1, -0.05) is 26.2 Å². The summed E-state index contributed by atoms with van der Waals surface area (Å²) in [5.41, 5.74) is 5.47. The molecular weight excluding hydrogens is 178 g/mol. The van der Waals surface area contributed by atoms with E-state index in [0.717, 1.165) is 12.8 Å². The second kappa shape index (κ2) is 4.67. The Bertz CT molecular complexity index is 159. The van der Waals surface area contributed by atoms with Crippen molar-refractivity contribution in [3.8, 4) is 0 Å². The van der Waals surface area contributed by atoms with Crippen LogP contribution in [0.1, 0.15) is 26.2 Å². The monoisotopic (exact) mass is 193 g/mol. The number of carboxylic acid groups (broad SMARTS) is 1. The lowest BCUT2D eigenvalue weighted by Crippen LogP contribution is -2.41. The molecule has 0 radical (unpaired) electrons. The minimum Gasteiger partial charge on any atom is -0.480 e. The number of hydrogen-bond acceptors (Lipinski definition) is 2. The summed E-state index contributed by atoms with van der Waals surface area (Å²) in [6, 6.07) is -0.666. The van der Waals surface area contributed by atoms with E-state index in [-0.39, 0.29) is 18.3 Å². The van der Waals surface area contributed by atoms with Gasteiger partial charge in [-0.2, -0.15) is 0 Å². The Balaban J connectivity index is 0.00000121. The van der Waals surface area contributed by atoms with E-state index in [1.165, 1.54) is 6.42 Å². The lowest BCUT2D eigenvalue weighted by atomic mass is 9.74. The fourth-order valence-electron chi connectivity index (χ4n) is 1.48.